The summed E-state index contributed by atoms with van der Waals surface area (Å²) < 4.78 is 0. The first-order chi connectivity index (χ1) is 4.63. The number of rotatable bonds is 3. The van der Waals surface area contributed by atoms with Crippen molar-refractivity contribution in [1.82, 2.24) is 21.9 Å². The molecule has 2 amide bonds. The second-order valence-corrected chi connectivity index (χ2v) is 1.92. The van der Waals surface area contributed by atoms with E-state index >= 15 is 0 Å². The maximum absolute atomic E-state index is 10.0. The summed E-state index contributed by atoms with van der Waals surface area (Å²) in [4.78, 5) is 20.0. The van der Waals surface area contributed by atoms with Gasteiger partial charge >= 0.3 is 0 Å². The van der Waals surface area contributed by atoms with Gasteiger partial charge in [-0.25, -0.2) is 0 Å². The minimum absolute atomic E-state index is 0.582. The molecule has 0 atom stereocenters. The largest absolute Gasteiger partial charge is 0.291 e. The number of carbonyl (C=O) groups is 2. The van der Waals surface area contributed by atoms with Gasteiger partial charge in [-0.15, -0.1) is 0 Å². The van der Waals surface area contributed by atoms with Gasteiger partial charge in [0.25, 0.3) is 10.5 Å². The average Bonchev–Trinajstić information content (AvgIpc) is 1.79. The monoisotopic (exact) mass is 182 g/mol. The van der Waals surface area contributed by atoms with Gasteiger partial charge in [-0.3, -0.25) is 20.4 Å². The Bertz CT molecular complexity index is 123. The van der Waals surface area contributed by atoms with E-state index in [2.05, 4.69) is 36.3 Å². The molecule has 0 aromatic carbocycles. The third kappa shape index (κ3) is 7.56. The number of thiol groups is 2. The lowest BCUT2D eigenvalue weighted by Crippen LogP contribution is -2.52. The van der Waals surface area contributed by atoms with Gasteiger partial charge in [0.15, 0.2) is 0 Å². The Labute approximate surface area is 67.8 Å². The fraction of sp³-hybridized carbons (Fsp3) is 0. The van der Waals surface area contributed by atoms with Crippen molar-refractivity contribution in [3.8, 4) is 0 Å². The smallest absolute Gasteiger partial charge is 0.267 e. The first kappa shape index (κ1) is 9.56. The van der Waals surface area contributed by atoms with Gasteiger partial charge in [0, 0.05) is 0 Å². The van der Waals surface area contributed by atoms with Crippen molar-refractivity contribution in [2.45, 2.75) is 0 Å². The van der Waals surface area contributed by atoms with Crippen LogP contribution in [0.4, 0.5) is 9.59 Å². The highest BCUT2D eigenvalue weighted by Crippen LogP contribution is 1.70. The molecule has 0 aliphatic carbocycles. The van der Waals surface area contributed by atoms with Crippen molar-refractivity contribution in [3.05, 3.63) is 0 Å². The first-order valence-electron chi connectivity index (χ1n) is 2.11. The zero-order valence-electron chi connectivity index (χ0n) is 4.71. The number of carbonyl (C=O) groups excluding carboxylic acids is 2. The molecule has 0 radical (unpaired) electrons. The van der Waals surface area contributed by atoms with Crippen molar-refractivity contribution >= 4 is 35.7 Å². The van der Waals surface area contributed by atoms with E-state index in [0.29, 0.717) is 0 Å². The molecule has 0 aliphatic rings. The molecule has 0 aliphatic heterocycles. The highest BCUT2D eigenvalue weighted by Gasteiger charge is 1.89. The van der Waals surface area contributed by atoms with Crippen LogP contribution < -0.4 is 21.9 Å². The van der Waals surface area contributed by atoms with Gasteiger partial charge < -0.3 is 0 Å². The van der Waals surface area contributed by atoms with Crippen LogP contribution in [0.5, 0.6) is 0 Å². The Morgan fingerprint density at radius 2 is 1.20 bits per heavy atom. The van der Waals surface area contributed by atoms with Crippen LogP contribution in [-0.4, -0.2) is 10.5 Å². The molecule has 0 rings (SSSR count). The molecule has 0 unspecified atom stereocenters. The zero-order valence-corrected chi connectivity index (χ0v) is 6.50. The van der Waals surface area contributed by atoms with Crippen molar-refractivity contribution in [2.24, 2.45) is 0 Å². The van der Waals surface area contributed by atoms with Gasteiger partial charge in [-0.1, -0.05) is 25.3 Å². The van der Waals surface area contributed by atoms with Gasteiger partial charge in [0.1, 0.15) is 0 Å². The number of hydrogen-bond acceptors (Lipinski definition) is 4. The molecule has 4 N–H and O–H groups in total. The first-order valence-corrected chi connectivity index (χ1v) is 3.00. The molecular weight excluding hydrogens is 176 g/mol. The van der Waals surface area contributed by atoms with Crippen molar-refractivity contribution < 1.29 is 9.59 Å². The molecule has 10 heavy (non-hydrogen) atoms. The fourth-order valence-electron chi connectivity index (χ4n) is 0.169. The fourth-order valence-corrected chi connectivity index (χ4v) is 0.281. The van der Waals surface area contributed by atoms with Crippen molar-refractivity contribution in [1.29, 1.82) is 0 Å². The molecule has 0 heterocycles. The molecule has 0 saturated heterocycles. The predicted molar refractivity (Wildman–Crippen MR) is 41.3 cm³/mol. The van der Waals surface area contributed by atoms with E-state index in [4.69, 9.17) is 0 Å². The molecule has 0 spiro atoms. The van der Waals surface area contributed by atoms with E-state index in [1.807, 2.05) is 10.9 Å². The Morgan fingerprint density at radius 3 is 1.40 bits per heavy atom. The summed E-state index contributed by atoms with van der Waals surface area (Å²) >= 11 is 6.68. The summed E-state index contributed by atoms with van der Waals surface area (Å²) in [7, 11) is 0. The lowest BCUT2D eigenvalue weighted by atomic mass is 11.4. The van der Waals surface area contributed by atoms with Gasteiger partial charge in [0.05, 0.1) is 0 Å². The van der Waals surface area contributed by atoms with Crippen LogP contribution in [0.1, 0.15) is 0 Å². The molecule has 0 aromatic heterocycles. The quantitative estimate of drug-likeness (QED) is 0.196. The van der Waals surface area contributed by atoms with E-state index in [1.54, 1.807) is 0 Å². The summed E-state index contributed by atoms with van der Waals surface area (Å²) in [6, 6.07) is 0. The Balaban J connectivity index is 3.06. The minimum atomic E-state index is -0.582. The van der Waals surface area contributed by atoms with Crippen molar-refractivity contribution in [3.63, 3.8) is 0 Å². The third-order valence-electron chi connectivity index (χ3n) is 0.401. The predicted octanol–water partition coefficient (Wildman–Crippen LogP) is -0.811. The zero-order chi connectivity index (χ0) is 7.98. The molecule has 0 fully saturated rings. The van der Waals surface area contributed by atoms with Gasteiger partial charge in [-0.2, -0.15) is 11.1 Å². The molecule has 0 saturated carbocycles. The summed E-state index contributed by atoms with van der Waals surface area (Å²) in [5.41, 5.74) is 8.25. The van der Waals surface area contributed by atoms with E-state index in [-0.39, 0.29) is 0 Å². The highest BCUT2D eigenvalue weighted by atomic mass is 32.1. The summed E-state index contributed by atoms with van der Waals surface area (Å²) in [6.45, 7) is 0. The van der Waals surface area contributed by atoms with Crippen LogP contribution in [0.15, 0.2) is 0 Å². The molecule has 6 nitrogen and oxygen atoms in total. The van der Waals surface area contributed by atoms with Crippen molar-refractivity contribution in [2.75, 3.05) is 0 Å². The Kier molecular flexibility index (Phi) is 5.12. The standard InChI is InChI=1S/C2H6N4O2S2/c7-1(9)3-5-6-4-2(8)10/h5-6H,(H2,3,7,9)(H2,4,8,10). The number of amides is 2. The topological polar surface area (TPSA) is 82.3 Å². The SMILES string of the molecule is O=C(S)NNNNC(=O)S. The van der Waals surface area contributed by atoms with Crippen LogP contribution in [0.2, 0.25) is 0 Å². The summed E-state index contributed by atoms with van der Waals surface area (Å²) in [5.74, 6) is 0. The van der Waals surface area contributed by atoms with Crippen LogP contribution in [0.25, 0.3) is 0 Å². The molecular formula is C2H6N4O2S2. The van der Waals surface area contributed by atoms with E-state index < -0.39 is 10.5 Å². The number of hydrogen-bond donors (Lipinski definition) is 6. The van der Waals surface area contributed by atoms with Gasteiger partial charge in [0.2, 0.25) is 0 Å². The molecule has 0 bridgehead atoms. The van der Waals surface area contributed by atoms with E-state index in [9.17, 15) is 9.59 Å². The Hall–Kier alpha value is -0.440. The second-order valence-electron chi connectivity index (χ2n) is 1.11. The van der Waals surface area contributed by atoms with E-state index in [1.165, 1.54) is 0 Å². The maximum Gasteiger partial charge on any atom is 0.291 e. The summed E-state index contributed by atoms with van der Waals surface area (Å²) in [5, 5.41) is -1.16. The molecule has 58 valence electrons. The third-order valence-corrected chi connectivity index (χ3v) is 0.625. The highest BCUT2D eigenvalue weighted by molar-refractivity contribution is 7.96. The maximum atomic E-state index is 10.0. The summed E-state index contributed by atoms with van der Waals surface area (Å²) in [6.07, 6.45) is 0. The van der Waals surface area contributed by atoms with E-state index in [0.717, 1.165) is 0 Å². The lowest BCUT2D eigenvalue weighted by Gasteiger charge is -2.04. The minimum Gasteiger partial charge on any atom is -0.267 e. The molecule has 0 aromatic rings. The average molecular weight is 182 g/mol. The van der Waals surface area contributed by atoms with Crippen LogP contribution in [-0.2, 0) is 0 Å². The van der Waals surface area contributed by atoms with Crippen LogP contribution in [0.3, 0.4) is 0 Å². The van der Waals surface area contributed by atoms with Gasteiger partial charge in [-0.05, 0) is 0 Å². The second kappa shape index (κ2) is 5.35. The Morgan fingerprint density at radius 1 is 0.900 bits per heavy atom. The van der Waals surface area contributed by atoms with Crippen LogP contribution in [0, 0.1) is 0 Å². The molecule has 8 heteroatoms. The van der Waals surface area contributed by atoms with Crippen LogP contribution >= 0.6 is 25.3 Å². The number of hydrazine groups is 3. The number of nitrogens with one attached hydrogen (secondary N) is 4. The normalized spacial score (nSPS) is 8.60. The lowest BCUT2D eigenvalue weighted by molar-refractivity contribution is 0.244.